The van der Waals surface area contributed by atoms with E-state index in [0.29, 0.717) is 11.8 Å². The van der Waals surface area contributed by atoms with Gasteiger partial charge in [0.05, 0.1) is 12.5 Å². The smallest absolute Gasteiger partial charge is 0.310 e. The van der Waals surface area contributed by atoms with E-state index in [2.05, 4.69) is 5.32 Å². The molecule has 0 atom stereocenters. The Bertz CT molecular complexity index is 822. The molecule has 1 N–H and O–H groups in total. The summed E-state index contributed by atoms with van der Waals surface area (Å²) < 4.78 is 5.42. The minimum absolute atomic E-state index is 0.0384. The van der Waals surface area contributed by atoms with E-state index in [4.69, 9.17) is 4.74 Å². The van der Waals surface area contributed by atoms with E-state index >= 15 is 0 Å². The Kier molecular flexibility index (Phi) is 5.85. The summed E-state index contributed by atoms with van der Waals surface area (Å²) in [6.45, 7) is 3.51. The minimum atomic E-state index is -0.358. The average Bonchev–Trinajstić information content (AvgIpc) is 2.68. The number of carbonyl (C=O) groups is 3. The molecule has 0 heterocycles. The van der Waals surface area contributed by atoms with Gasteiger partial charge in [-0.3, -0.25) is 14.4 Å². The van der Waals surface area contributed by atoms with Gasteiger partial charge in [0.2, 0.25) is 5.91 Å². The van der Waals surface area contributed by atoms with Crippen LogP contribution in [0, 0.1) is 43.4 Å². The van der Waals surface area contributed by atoms with Crippen LogP contribution in [0.25, 0.3) is 0 Å². The fraction of sp³-hybridized carbons (Fsp3) is 0.625. The van der Waals surface area contributed by atoms with E-state index in [9.17, 15) is 14.4 Å². The third-order valence-electron chi connectivity index (χ3n) is 7.31. The highest BCUT2D eigenvalue weighted by molar-refractivity contribution is 5.95. The number of amides is 2. The van der Waals surface area contributed by atoms with Crippen LogP contribution in [0.3, 0.4) is 0 Å². The largest absolute Gasteiger partial charge is 0.455 e. The molecular formula is C24H32N2O4. The van der Waals surface area contributed by atoms with Crippen LogP contribution < -0.4 is 5.32 Å². The molecule has 4 bridgehead atoms. The Hall–Kier alpha value is -2.37. The molecule has 0 unspecified atom stereocenters. The molecule has 5 rings (SSSR count). The molecule has 1 aromatic carbocycles. The Morgan fingerprint density at radius 2 is 1.67 bits per heavy atom. The number of anilines is 1. The molecule has 4 aliphatic carbocycles. The van der Waals surface area contributed by atoms with Crippen LogP contribution in [0.5, 0.6) is 0 Å². The highest BCUT2D eigenvalue weighted by Crippen LogP contribution is 2.56. The van der Waals surface area contributed by atoms with Crippen molar-refractivity contribution in [1.82, 2.24) is 4.90 Å². The predicted molar refractivity (Wildman–Crippen MR) is 114 cm³/mol. The lowest BCUT2D eigenvalue weighted by molar-refractivity contribution is -0.166. The van der Waals surface area contributed by atoms with Gasteiger partial charge in [0.25, 0.3) is 5.91 Å². The van der Waals surface area contributed by atoms with Gasteiger partial charge >= 0.3 is 5.97 Å². The lowest BCUT2D eigenvalue weighted by atomic mass is 9.52. The first-order chi connectivity index (χ1) is 14.3. The fourth-order valence-corrected chi connectivity index (χ4v) is 6.01. The molecule has 0 spiro atoms. The Morgan fingerprint density at radius 3 is 2.30 bits per heavy atom. The zero-order chi connectivity index (χ0) is 21.4. The second kappa shape index (κ2) is 8.40. The molecule has 1 aromatic rings. The summed E-state index contributed by atoms with van der Waals surface area (Å²) in [6, 6.07) is 5.84. The zero-order valence-electron chi connectivity index (χ0n) is 18.1. The molecule has 4 saturated carbocycles. The van der Waals surface area contributed by atoms with Gasteiger partial charge in [-0.2, -0.15) is 0 Å². The van der Waals surface area contributed by atoms with Crippen LogP contribution in [0.2, 0.25) is 0 Å². The van der Waals surface area contributed by atoms with Crippen LogP contribution in [-0.4, -0.2) is 42.9 Å². The van der Waals surface area contributed by atoms with E-state index in [1.807, 2.05) is 32.0 Å². The van der Waals surface area contributed by atoms with Gasteiger partial charge in [-0.25, -0.2) is 0 Å². The molecule has 30 heavy (non-hydrogen) atoms. The SMILES string of the molecule is Cc1ccc(C)c(NC(=O)CN(C)C(=O)COC(=O)C2C3CC4CC(C3)CC2C4)c1. The fourth-order valence-electron chi connectivity index (χ4n) is 6.01. The van der Waals surface area contributed by atoms with Crippen molar-refractivity contribution in [2.24, 2.45) is 29.6 Å². The van der Waals surface area contributed by atoms with Gasteiger partial charge in [0.1, 0.15) is 0 Å². The van der Waals surface area contributed by atoms with Gasteiger partial charge < -0.3 is 15.0 Å². The number of esters is 1. The Morgan fingerprint density at radius 1 is 1.03 bits per heavy atom. The van der Waals surface area contributed by atoms with E-state index in [0.717, 1.165) is 54.3 Å². The maximum atomic E-state index is 12.7. The summed E-state index contributed by atoms with van der Waals surface area (Å²) in [4.78, 5) is 38.8. The van der Waals surface area contributed by atoms with Crippen molar-refractivity contribution >= 4 is 23.5 Å². The van der Waals surface area contributed by atoms with Gasteiger partial charge in [-0.1, -0.05) is 12.1 Å². The van der Waals surface area contributed by atoms with Crippen LogP contribution in [0.15, 0.2) is 18.2 Å². The summed E-state index contributed by atoms with van der Waals surface area (Å²) in [5, 5.41) is 2.85. The van der Waals surface area contributed by atoms with E-state index in [1.54, 1.807) is 7.05 Å². The molecule has 4 fully saturated rings. The third-order valence-corrected chi connectivity index (χ3v) is 7.31. The predicted octanol–water partition coefficient (Wildman–Crippen LogP) is 3.32. The van der Waals surface area contributed by atoms with Crippen molar-refractivity contribution < 1.29 is 19.1 Å². The number of nitrogens with one attached hydrogen (secondary N) is 1. The normalized spacial score (nSPS) is 28.8. The molecule has 6 nitrogen and oxygen atoms in total. The van der Waals surface area contributed by atoms with Crippen molar-refractivity contribution in [1.29, 1.82) is 0 Å². The first-order valence-corrected chi connectivity index (χ1v) is 11.1. The van der Waals surface area contributed by atoms with Crippen molar-refractivity contribution in [3.63, 3.8) is 0 Å². The lowest BCUT2D eigenvalue weighted by Crippen LogP contribution is -2.49. The number of ether oxygens (including phenoxy) is 1. The maximum Gasteiger partial charge on any atom is 0.310 e. The van der Waals surface area contributed by atoms with Gasteiger partial charge in [-0.05, 0) is 86.8 Å². The first-order valence-electron chi connectivity index (χ1n) is 11.1. The quantitative estimate of drug-likeness (QED) is 0.728. The molecule has 6 heteroatoms. The van der Waals surface area contributed by atoms with Crippen LogP contribution in [0.1, 0.15) is 43.2 Å². The number of rotatable bonds is 6. The van der Waals surface area contributed by atoms with Crippen molar-refractivity contribution in [2.45, 2.75) is 46.0 Å². The highest BCUT2D eigenvalue weighted by Gasteiger charge is 2.51. The second-order valence-electron chi connectivity index (χ2n) is 9.68. The van der Waals surface area contributed by atoms with Crippen LogP contribution >= 0.6 is 0 Å². The van der Waals surface area contributed by atoms with Crippen LogP contribution in [-0.2, 0) is 19.1 Å². The summed E-state index contributed by atoms with van der Waals surface area (Å²) in [5.41, 5.74) is 2.76. The monoisotopic (exact) mass is 412 g/mol. The molecule has 162 valence electrons. The third kappa shape index (κ3) is 4.37. The average molecular weight is 413 g/mol. The van der Waals surface area contributed by atoms with E-state index in [-0.39, 0.29) is 36.9 Å². The summed E-state index contributed by atoms with van der Waals surface area (Å²) in [5.74, 6) is 1.57. The van der Waals surface area contributed by atoms with Gasteiger partial charge in [0.15, 0.2) is 6.61 Å². The number of nitrogens with zero attached hydrogens (tertiary/aromatic N) is 1. The van der Waals surface area contributed by atoms with Gasteiger partial charge in [0, 0.05) is 12.7 Å². The first kappa shape index (κ1) is 20.9. The molecule has 0 aliphatic heterocycles. The number of hydrogen-bond acceptors (Lipinski definition) is 4. The van der Waals surface area contributed by atoms with Gasteiger partial charge in [-0.15, -0.1) is 0 Å². The Balaban J connectivity index is 1.25. The Labute approximate surface area is 178 Å². The minimum Gasteiger partial charge on any atom is -0.455 e. The molecule has 4 aliphatic rings. The second-order valence-corrected chi connectivity index (χ2v) is 9.68. The lowest BCUT2D eigenvalue weighted by Gasteiger charge is -2.53. The molecule has 0 aromatic heterocycles. The number of aryl methyl sites for hydroxylation is 2. The number of likely N-dealkylation sites (N-methyl/N-ethyl adjacent to an activating group) is 1. The zero-order valence-corrected chi connectivity index (χ0v) is 18.1. The molecular weight excluding hydrogens is 380 g/mol. The topological polar surface area (TPSA) is 75.7 Å². The number of carbonyl (C=O) groups excluding carboxylic acids is 3. The maximum absolute atomic E-state index is 12.7. The summed E-state index contributed by atoms with van der Waals surface area (Å²) in [6.07, 6.45) is 5.89. The summed E-state index contributed by atoms with van der Waals surface area (Å²) >= 11 is 0. The van der Waals surface area contributed by atoms with Crippen molar-refractivity contribution in [3.05, 3.63) is 29.3 Å². The molecule has 2 amide bonds. The van der Waals surface area contributed by atoms with Crippen molar-refractivity contribution in [2.75, 3.05) is 25.5 Å². The number of hydrogen-bond donors (Lipinski definition) is 1. The molecule has 0 saturated heterocycles. The van der Waals surface area contributed by atoms with E-state index < -0.39 is 0 Å². The standard InChI is InChI=1S/C24H32N2O4/c1-14-4-5-15(2)20(6-14)25-21(27)12-26(3)22(28)13-30-24(29)23-18-8-16-7-17(10-18)11-19(23)9-16/h4-6,16-19,23H,7-13H2,1-3H3,(H,25,27). The van der Waals surface area contributed by atoms with E-state index in [1.165, 1.54) is 11.3 Å². The van der Waals surface area contributed by atoms with Crippen molar-refractivity contribution in [3.8, 4) is 0 Å². The molecule has 0 radical (unpaired) electrons. The summed E-state index contributed by atoms with van der Waals surface area (Å²) in [7, 11) is 1.56. The van der Waals surface area contributed by atoms with Crippen LogP contribution in [0.4, 0.5) is 5.69 Å². The number of benzene rings is 1. The highest BCUT2D eigenvalue weighted by atomic mass is 16.5.